The van der Waals surface area contributed by atoms with Crippen molar-refractivity contribution in [1.82, 2.24) is 10.2 Å². The Bertz CT molecular complexity index is 1390. The standard InChI is InChI=1S/C31H30FN3OS/c1-3-35(25-8-6-7-21(2)19-25)18-17-33-31(36)23-13-16-29-27(20-23)34-30(22-11-14-24(32)15-12-22)26-9-4-5-10-28(26)37-29/h4-16,20-21H,3,17-19H2,1-2H3,(H,33,36). The summed E-state index contributed by atoms with van der Waals surface area (Å²) < 4.78 is 13.6. The number of aliphatic imine (C=N–C) groups is 1. The van der Waals surface area contributed by atoms with Crippen molar-refractivity contribution in [3.05, 3.63) is 113 Å². The first-order valence-corrected chi connectivity index (χ1v) is 13.5. The third-order valence-corrected chi connectivity index (χ3v) is 7.79. The summed E-state index contributed by atoms with van der Waals surface area (Å²) in [4.78, 5) is 22.4. The highest BCUT2D eigenvalue weighted by molar-refractivity contribution is 7.99. The summed E-state index contributed by atoms with van der Waals surface area (Å²) >= 11 is 1.63. The van der Waals surface area contributed by atoms with Gasteiger partial charge in [-0.1, -0.05) is 49.0 Å². The molecule has 0 saturated carbocycles. The number of fused-ring (bicyclic) bond motifs is 2. The van der Waals surface area contributed by atoms with Crippen molar-refractivity contribution in [2.75, 3.05) is 19.6 Å². The molecule has 0 saturated heterocycles. The molecule has 3 aromatic carbocycles. The van der Waals surface area contributed by atoms with E-state index in [-0.39, 0.29) is 11.7 Å². The third kappa shape index (κ3) is 5.70. The second kappa shape index (κ2) is 11.2. The molecule has 0 spiro atoms. The summed E-state index contributed by atoms with van der Waals surface area (Å²) in [6.45, 7) is 6.59. The zero-order valence-corrected chi connectivity index (χ0v) is 21.9. The van der Waals surface area contributed by atoms with Crippen molar-refractivity contribution in [3.8, 4) is 0 Å². The van der Waals surface area contributed by atoms with Crippen molar-refractivity contribution >= 4 is 29.1 Å². The number of rotatable bonds is 7. The molecule has 0 aromatic heterocycles. The van der Waals surface area contributed by atoms with Gasteiger partial charge >= 0.3 is 0 Å². The van der Waals surface area contributed by atoms with Gasteiger partial charge < -0.3 is 10.2 Å². The summed E-state index contributed by atoms with van der Waals surface area (Å²) in [6, 6.07) is 20.1. The molecule has 2 aliphatic rings. The summed E-state index contributed by atoms with van der Waals surface area (Å²) in [5.41, 5.74) is 5.21. The average Bonchev–Trinajstić information content (AvgIpc) is 3.08. The van der Waals surface area contributed by atoms with Crippen LogP contribution >= 0.6 is 11.8 Å². The van der Waals surface area contributed by atoms with Crippen molar-refractivity contribution in [1.29, 1.82) is 0 Å². The van der Waals surface area contributed by atoms with E-state index >= 15 is 0 Å². The molecule has 3 aromatic rings. The number of halogens is 1. The first-order valence-electron chi connectivity index (χ1n) is 12.7. The minimum absolute atomic E-state index is 0.116. The monoisotopic (exact) mass is 511 g/mol. The SMILES string of the molecule is CCN(CCNC(=O)c1ccc2c(c1)N=C(c1ccc(F)cc1)c1ccccc1S2)C1=CC=CC(C)C1. The molecule has 1 aliphatic heterocycles. The number of carbonyl (C=O) groups is 1. The Morgan fingerprint density at radius 2 is 1.92 bits per heavy atom. The van der Waals surface area contributed by atoms with Gasteiger partial charge in [-0.2, -0.15) is 0 Å². The largest absolute Gasteiger partial charge is 0.373 e. The number of carbonyl (C=O) groups excluding carboxylic acids is 1. The van der Waals surface area contributed by atoms with Gasteiger partial charge in [-0.05, 0) is 73.9 Å². The van der Waals surface area contributed by atoms with Crippen molar-refractivity contribution in [2.24, 2.45) is 10.9 Å². The number of nitrogens with zero attached hydrogens (tertiary/aromatic N) is 2. The Morgan fingerprint density at radius 1 is 1.11 bits per heavy atom. The maximum atomic E-state index is 13.6. The fourth-order valence-electron chi connectivity index (χ4n) is 4.68. The van der Waals surface area contributed by atoms with Crippen molar-refractivity contribution in [2.45, 2.75) is 30.1 Å². The van der Waals surface area contributed by atoms with E-state index in [1.807, 2.05) is 36.4 Å². The Kier molecular flexibility index (Phi) is 7.56. The number of nitrogens with one attached hydrogen (secondary N) is 1. The summed E-state index contributed by atoms with van der Waals surface area (Å²) in [6.07, 6.45) is 7.54. The highest BCUT2D eigenvalue weighted by Gasteiger charge is 2.20. The van der Waals surface area contributed by atoms with Crippen LogP contribution in [0, 0.1) is 11.7 Å². The highest BCUT2D eigenvalue weighted by atomic mass is 32.2. The minimum atomic E-state index is -0.285. The second-order valence-corrected chi connectivity index (χ2v) is 10.4. The van der Waals surface area contributed by atoms with E-state index in [4.69, 9.17) is 4.99 Å². The van der Waals surface area contributed by atoms with Gasteiger partial charge in [0.05, 0.1) is 11.4 Å². The zero-order chi connectivity index (χ0) is 25.8. The summed E-state index contributed by atoms with van der Waals surface area (Å²) in [7, 11) is 0. The Morgan fingerprint density at radius 3 is 2.70 bits per heavy atom. The number of amides is 1. The van der Waals surface area contributed by atoms with Gasteiger partial charge in [0, 0.05) is 51.8 Å². The molecule has 1 atom stereocenters. The molecule has 0 radical (unpaired) electrons. The Balaban J connectivity index is 1.36. The molecule has 1 heterocycles. The lowest BCUT2D eigenvalue weighted by Gasteiger charge is -2.29. The quantitative estimate of drug-likeness (QED) is 0.291. The van der Waals surface area contributed by atoms with E-state index in [2.05, 4.69) is 48.4 Å². The van der Waals surface area contributed by atoms with Gasteiger partial charge in [0.25, 0.3) is 5.91 Å². The molecule has 4 nitrogen and oxygen atoms in total. The van der Waals surface area contributed by atoms with E-state index in [0.717, 1.165) is 51.8 Å². The highest BCUT2D eigenvalue weighted by Crippen LogP contribution is 2.41. The maximum absolute atomic E-state index is 13.6. The normalized spacial score (nSPS) is 16.1. The van der Waals surface area contributed by atoms with E-state index < -0.39 is 0 Å². The second-order valence-electron chi connectivity index (χ2n) is 9.31. The molecule has 0 bridgehead atoms. The average molecular weight is 512 g/mol. The van der Waals surface area contributed by atoms with Gasteiger partial charge in [0.15, 0.2) is 0 Å². The van der Waals surface area contributed by atoms with E-state index in [1.165, 1.54) is 17.8 Å². The smallest absolute Gasteiger partial charge is 0.251 e. The number of benzene rings is 3. The van der Waals surface area contributed by atoms with Crippen LogP contribution in [0.5, 0.6) is 0 Å². The number of hydrogen-bond donors (Lipinski definition) is 1. The van der Waals surface area contributed by atoms with Crippen LogP contribution < -0.4 is 5.32 Å². The van der Waals surface area contributed by atoms with Crippen molar-refractivity contribution < 1.29 is 9.18 Å². The first kappa shape index (κ1) is 25.0. The molecular formula is C31H30FN3OS. The predicted molar refractivity (Wildman–Crippen MR) is 149 cm³/mol. The lowest BCUT2D eigenvalue weighted by Crippen LogP contribution is -2.35. The zero-order valence-electron chi connectivity index (χ0n) is 21.1. The first-order chi connectivity index (χ1) is 18.0. The van der Waals surface area contributed by atoms with Gasteiger partial charge in [0.2, 0.25) is 0 Å². The fourth-order valence-corrected chi connectivity index (χ4v) is 5.68. The van der Waals surface area contributed by atoms with E-state index in [9.17, 15) is 9.18 Å². The lowest BCUT2D eigenvalue weighted by atomic mass is 9.99. The molecular weight excluding hydrogens is 481 g/mol. The number of hydrogen-bond acceptors (Lipinski definition) is 4. The van der Waals surface area contributed by atoms with Crippen LogP contribution in [0.4, 0.5) is 10.1 Å². The predicted octanol–water partition coefficient (Wildman–Crippen LogP) is 6.99. The van der Waals surface area contributed by atoms with Crippen molar-refractivity contribution in [3.63, 3.8) is 0 Å². The Labute approximate surface area is 222 Å². The molecule has 0 fully saturated rings. The molecule has 188 valence electrons. The minimum Gasteiger partial charge on any atom is -0.373 e. The van der Waals surface area contributed by atoms with Crippen LogP contribution in [-0.4, -0.2) is 36.2 Å². The molecule has 5 rings (SSSR count). The summed E-state index contributed by atoms with van der Waals surface area (Å²) in [5.74, 6) is 0.134. The summed E-state index contributed by atoms with van der Waals surface area (Å²) in [5, 5.41) is 3.08. The number of allylic oxidation sites excluding steroid dienone is 4. The van der Waals surface area contributed by atoms with Gasteiger partial charge in [0.1, 0.15) is 5.82 Å². The van der Waals surface area contributed by atoms with E-state index in [0.29, 0.717) is 18.0 Å². The fraction of sp³-hybridized carbons (Fsp3) is 0.226. The van der Waals surface area contributed by atoms with Crippen LogP contribution in [0.3, 0.4) is 0 Å². The molecule has 6 heteroatoms. The van der Waals surface area contributed by atoms with Gasteiger partial charge in [-0.25, -0.2) is 9.38 Å². The third-order valence-electron chi connectivity index (χ3n) is 6.65. The molecule has 1 N–H and O–H groups in total. The van der Waals surface area contributed by atoms with Crippen LogP contribution in [0.2, 0.25) is 0 Å². The topological polar surface area (TPSA) is 44.7 Å². The number of likely N-dealkylation sites (N-methyl/N-ethyl adjacent to an activating group) is 1. The van der Waals surface area contributed by atoms with E-state index in [1.54, 1.807) is 23.9 Å². The lowest BCUT2D eigenvalue weighted by molar-refractivity contribution is 0.0950. The molecule has 1 aliphatic carbocycles. The van der Waals surface area contributed by atoms with Crippen LogP contribution in [0.15, 0.2) is 105 Å². The van der Waals surface area contributed by atoms with Crippen LogP contribution in [0.1, 0.15) is 41.8 Å². The molecule has 1 unspecified atom stereocenters. The van der Waals surface area contributed by atoms with Gasteiger partial charge in [-0.15, -0.1) is 0 Å². The molecule has 1 amide bonds. The van der Waals surface area contributed by atoms with Crippen LogP contribution in [-0.2, 0) is 0 Å². The van der Waals surface area contributed by atoms with Gasteiger partial charge in [-0.3, -0.25) is 4.79 Å². The Hall–Kier alpha value is -3.64. The molecule has 37 heavy (non-hydrogen) atoms. The maximum Gasteiger partial charge on any atom is 0.251 e. The van der Waals surface area contributed by atoms with Crippen LogP contribution in [0.25, 0.3) is 0 Å².